The van der Waals surface area contributed by atoms with E-state index in [9.17, 15) is 4.79 Å². The number of benzene rings is 1. The van der Waals surface area contributed by atoms with Crippen molar-refractivity contribution in [2.75, 3.05) is 26.8 Å². The average Bonchev–Trinajstić information content (AvgIpc) is 3.36. The van der Waals surface area contributed by atoms with Gasteiger partial charge in [-0.1, -0.05) is 30.3 Å². The van der Waals surface area contributed by atoms with E-state index in [1.807, 2.05) is 35.2 Å². The molecule has 1 amide bonds. The first kappa shape index (κ1) is 17.4. The predicted octanol–water partition coefficient (Wildman–Crippen LogP) is 2.37. The summed E-state index contributed by atoms with van der Waals surface area (Å²) in [7, 11) is 1.68. The first-order chi connectivity index (χ1) is 13.3. The zero-order chi connectivity index (χ0) is 18.6. The monoisotopic (exact) mass is 363 g/mol. The number of rotatable bonds is 5. The molecule has 0 radical (unpaired) electrons. The van der Waals surface area contributed by atoms with Gasteiger partial charge in [-0.25, -0.2) is 4.98 Å². The van der Waals surface area contributed by atoms with Crippen molar-refractivity contribution in [3.8, 4) is 11.4 Å². The fraction of sp³-hybridized carbons (Fsp3) is 0.300. The number of hydrogen-bond donors (Lipinski definition) is 1. The third-order valence-electron chi connectivity index (χ3n) is 4.92. The molecule has 0 aliphatic carbocycles. The van der Waals surface area contributed by atoms with E-state index >= 15 is 0 Å². The number of aromatic nitrogens is 4. The van der Waals surface area contributed by atoms with Crippen molar-refractivity contribution in [1.82, 2.24) is 25.1 Å². The van der Waals surface area contributed by atoms with Gasteiger partial charge >= 0.3 is 0 Å². The fourth-order valence-electron chi connectivity index (χ4n) is 3.56. The highest BCUT2D eigenvalue weighted by atomic mass is 16.5. The summed E-state index contributed by atoms with van der Waals surface area (Å²) in [6.07, 6.45) is 3.27. The number of carbonyl (C=O) groups excluding carboxylic acids is 1. The smallest absolute Gasteiger partial charge is 0.253 e. The molecule has 2 atom stereocenters. The molecule has 1 aliphatic rings. The van der Waals surface area contributed by atoms with Gasteiger partial charge in [0.1, 0.15) is 5.82 Å². The van der Waals surface area contributed by atoms with E-state index in [4.69, 9.17) is 9.72 Å². The number of likely N-dealkylation sites (tertiary alicyclic amines) is 1. The molecule has 1 aromatic carbocycles. The highest BCUT2D eigenvalue weighted by Crippen LogP contribution is 2.32. The van der Waals surface area contributed by atoms with Crippen LogP contribution >= 0.6 is 0 Å². The minimum atomic E-state index is 0.00352. The molecule has 7 nitrogen and oxygen atoms in total. The third kappa shape index (κ3) is 3.59. The van der Waals surface area contributed by atoms with Crippen LogP contribution in [0.4, 0.5) is 0 Å². The van der Waals surface area contributed by atoms with Gasteiger partial charge in [0.2, 0.25) is 0 Å². The van der Waals surface area contributed by atoms with Gasteiger partial charge in [0.15, 0.2) is 5.82 Å². The van der Waals surface area contributed by atoms with Crippen LogP contribution in [0.2, 0.25) is 0 Å². The molecule has 7 heteroatoms. The Morgan fingerprint density at radius 2 is 1.96 bits per heavy atom. The molecule has 0 saturated carbocycles. The van der Waals surface area contributed by atoms with Crippen LogP contribution in [-0.4, -0.2) is 57.8 Å². The van der Waals surface area contributed by atoms with Gasteiger partial charge in [0.05, 0.1) is 6.61 Å². The summed E-state index contributed by atoms with van der Waals surface area (Å²) >= 11 is 0. The number of ether oxygens (including phenoxy) is 1. The fourth-order valence-corrected chi connectivity index (χ4v) is 3.56. The molecule has 138 valence electrons. The van der Waals surface area contributed by atoms with E-state index in [1.165, 1.54) is 0 Å². The van der Waals surface area contributed by atoms with Crippen LogP contribution in [0.25, 0.3) is 11.4 Å². The highest BCUT2D eigenvalue weighted by molar-refractivity contribution is 5.94. The molecule has 4 rings (SSSR count). The van der Waals surface area contributed by atoms with Crippen LogP contribution in [0.5, 0.6) is 0 Å². The van der Waals surface area contributed by atoms with Crippen LogP contribution in [0.3, 0.4) is 0 Å². The maximum atomic E-state index is 12.8. The number of nitrogens with zero attached hydrogens (tertiary/aromatic N) is 4. The van der Waals surface area contributed by atoms with Crippen LogP contribution in [0.15, 0.2) is 54.9 Å². The van der Waals surface area contributed by atoms with E-state index in [0.29, 0.717) is 31.1 Å². The number of carbonyl (C=O) groups is 1. The van der Waals surface area contributed by atoms with E-state index < -0.39 is 0 Å². The molecule has 2 aromatic heterocycles. The van der Waals surface area contributed by atoms with Crippen LogP contribution in [0.1, 0.15) is 22.1 Å². The minimum absolute atomic E-state index is 0.00352. The maximum Gasteiger partial charge on any atom is 0.253 e. The Morgan fingerprint density at radius 1 is 1.19 bits per heavy atom. The largest absolute Gasteiger partial charge is 0.384 e. The minimum Gasteiger partial charge on any atom is -0.384 e. The molecule has 0 spiro atoms. The lowest BCUT2D eigenvalue weighted by Crippen LogP contribution is -2.29. The maximum absolute atomic E-state index is 12.8. The SMILES string of the molecule is COC[C@@H]1CN(C(=O)c2ccncc2)C[C@H]1c1nc(-c2ccccc2)n[nH]1. The summed E-state index contributed by atoms with van der Waals surface area (Å²) in [6.45, 7) is 1.77. The second-order valence-corrected chi connectivity index (χ2v) is 6.68. The van der Waals surface area contributed by atoms with E-state index in [-0.39, 0.29) is 17.7 Å². The van der Waals surface area contributed by atoms with Crippen molar-refractivity contribution in [2.45, 2.75) is 5.92 Å². The van der Waals surface area contributed by atoms with Crippen molar-refractivity contribution < 1.29 is 9.53 Å². The van der Waals surface area contributed by atoms with Gasteiger partial charge in [-0.15, -0.1) is 0 Å². The third-order valence-corrected chi connectivity index (χ3v) is 4.92. The van der Waals surface area contributed by atoms with E-state index in [0.717, 1.165) is 11.4 Å². The number of H-pyrrole nitrogens is 1. The van der Waals surface area contributed by atoms with Crippen LogP contribution < -0.4 is 0 Å². The number of hydrogen-bond acceptors (Lipinski definition) is 5. The number of methoxy groups -OCH3 is 1. The highest BCUT2D eigenvalue weighted by Gasteiger charge is 2.38. The molecule has 1 fully saturated rings. The topological polar surface area (TPSA) is 84.0 Å². The standard InChI is InChI=1S/C20H21N5O2/c1-27-13-16-11-25(20(26)15-7-9-21-10-8-15)12-17(16)19-22-18(23-24-19)14-5-3-2-4-6-14/h2-10,16-17H,11-13H2,1H3,(H,22,23,24)/t16-,17+/m0/s1. The van der Waals surface area contributed by atoms with E-state index in [2.05, 4.69) is 15.2 Å². The Hall–Kier alpha value is -3.06. The van der Waals surface area contributed by atoms with Gasteiger partial charge in [0, 0.05) is 55.6 Å². The Labute approximate surface area is 157 Å². The second kappa shape index (κ2) is 7.67. The number of pyridine rings is 1. The molecular weight excluding hydrogens is 342 g/mol. The van der Waals surface area contributed by atoms with Crippen molar-refractivity contribution in [3.63, 3.8) is 0 Å². The first-order valence-corrected chi connectivity index (χ1v) is 8.92. The van der Waals surface area contributed by atoms with Crippen LogP contribution in [0, 0.1) is 5.92 Å². The molecule has 3 aromatic rings. The number of nitrogens with one attached hydrogen (secondary N) is 1. The first-order valence-electron chi connectivity index (χ1n) is 8.92. The summed E-state index contributed by atoms with van der Waals surface area (Å²) in [4.78, 5) is 23.3. The Balaban J connectivity index is 1.56. The molecule has 0 bridgehead atoms. The zero-order valence-electron chi connectivity index (χ0n) is 15.1. The second-order valence-electron chi connectivity index (χ2n) is 6.68. The summed E-state index contributed by atoms with van der Waals surface area (Å²) in [6, 6.07) is 13.3. The van der Waals surface area contributed by atoms with Gasteiger partial charge in [-0.2, -0.15) is 5.10 Å². The Kier molecular flexibility index (Phi) is 4.93. The van der Waals surface area contributed by atoms with Crippen molar-refractivity contribution in [1.29, 1.82) is 0 Å². The lowest BCUT2D eigenvalue weighted by molar-refractivity contribution is 0.0775. The summed E-state index contributed by atoms with van der Waals surface area (Å²) in [5.41, 5.74) is 1.61. The van der Waals surface area contributed by atoms with Crippen LogP contribution in [-0.2, 0) is 4.74 Å². The molecule has 27 heavy (non-hydrogen) atoms. The van der Waals surface area contributed by atoms with Crippen molar-refractivity contribution >= 4 is 5.91 Å². The Bertz CT molecular complexity index is 897. The number of aromatic amines is 1. The summed E-state index contributed by atoms with van der Waals surface area (Å²) in [5, 5.41) is 7.43. The molecule has 1 aliphatic heterocycles. The normalized spacial score (nSPS) is 19.4. The molecule has 1 saturated heterocycles. The lowest BCUT2D eigenvalue weighted by atomic mass is 9.96. The quantitative estimate of drug-likeness (QED) is 0.752. The lowest BCUT2D eigenvalue weighted by Gasteiger charge is -2.16. The number of amides is 1. The van der Waals surface area contributed by atoms with E-state index in [1.54, 1.807) is 31.6 Å². The van der Waals surface area contributed by atoms with Gasteiger partial charge in [0.25, 0.3) is 5.91 Å². The Morgan fingerprint density at radius 3 is 2.70 bits per heavy atom. The summed E-state index contributed by atoms with van der Waals surface area (Å²) < 4.78 is 5.39. The molecule has 0 unspecified atom stereocenters. The predicted molar refractivity (Wildman–Crippen MR) is 100 cm³/mol. The molecule has 1 N–H and O–H groups in total. The summed E-state index contributed by atoms with van der Waals surface area (Å²) in [5.74, 6) is 1.68. The van der Waals surface area contributed by atoms with Gasteiger partial charge < -0.3 is 9.64 Å². The molecular formula is C20H21N5O2. The zero-order valence-corrected chi connectivity index (χ0v) is 15.1. The van der Waals surface area contributed by atoms with Gasteiger partial charge in [-0.3, -0.25) is 14.9 Å². The van der Waals surface area contributed by atoms with Crippen molar-refractivity contribution in [3.05, 3.63) is 66.2 Å². The van der Waals surface area contributed by atoms with Crippen molar-refractivity contribution in [2.24, 2.45) is 5.92 Å². The molecule has 3 heterocycles. The average molecular weight is 363 g/mol. The van der Waals surface area contributed by atoms with Gasteiger partial charge in [-0.05, 0) is 12.1 Å².